The molecule has 0 aliphatic heterocycles. The molecule has 2 aromatic rings. The van der Waals surface area contributed by atoms with Crippen LogP contribution in [0.1, 0.15) is 6.92 Å². The number of carbonyl (C=O) groups is 1. The van der Waals surface area contributed by atoms with Gasteiger partial charge < -0.3 is 9.84 Å². The predicted molar refractivity (Wildman–Crippen MR) is 81.3 cm³/mol. The lowest BCUT2D eigenvalue weighted by Gasteiger charge is -1.98. The largest absolute Gasteiger partial charge is 0.508 e. The lowest BCUT2D eigenvalue weighted by atomic mass is 10.3. The molecule has 3 nitrogen and oxygen atoms in total. The van der Waals surface area contributed by atoms with E-state index in [0.717, 1.165) is 8.95 Å². The highest BCUT2D eigenvalue weighted by atomic mass is 79.9. The highest BCUT2D eigenvalue weighted by molar-refractivity contribution is 9.10. The molecule has 0 aliphatic rings. The maximum absolute atomic E-state index is 10.5. The molecular weight excluding hydrogens is 376 g/mol. The fourth-order valence-electron chi connectivity index (χ4n) is 1.11. The zero-order chi connectivity index (χ0) is 14.3. The van der Waals surface area contributed by atoms with E-state index in [1.807, 2.05) is 12.1 Å². The van der Waals surface area contributed by atoms with Crippen molar-refractivity contribution in [2.24, 2.45) is 0 Å². The summed E-state index contributed by atoms with van der Waals surface area (Å²) in [6, 6.07) is 13.9. The highest BCUT2D eigenvalue weighted by Gasteiger charge is 1.95. The third-order valence-electron chi connectivity index (χ3n) is 1.90. The topological polar surface area (TPSA) is 46.5 Å². The standard InChI is InChI=1S/C8H7BrO2.C6H5BrO/c1-6(10)11-8-4-2-7(9)3-5-8;7-5-1-3-6(8)4-2-5/h2-5H,1H3;1-4,8H. The molecule has 0 radical (unpaired) electrons. The van der Waals surface area contributed by atoms with Crippen molar-refractivity contribution in [2.75, 3.05) is 0 Å². The maximum atomic E-state index is 10.5. The van der Waals surface area contributed by atoms with E-state index in [0.29, 0.717) is 11.5 Å². The molecule has 0 aliphatic carbocycles. The Morgan fingerprint density at radius 1 is 0.947 bits per heavy atom. The van der Waals surface area contributed by atoms with E-state index in [1.165, 1.54) is 6.92 Å². The zero-order valence-corrected chi connectivity index (χ0v) is 13.3. The van der Waals surface area contributed by atoms with Gasteiger partial charge in [-0.05, 0) is 48.5 Å². The van der Waals surface area contributed by atoms with Gasteiger partial charge in [-0.3, -0.25) is 4.79 Å². The summed E-state index contributed by atoms with van der Waals surface area (Å²) in [7, 11) is 0. The fraction of sp³-hybridized carbons (Fsp3) is 0.0714. The van der Waals surface area contributed by atoms with Gasteiger partial charge in [0.15, 0.2) is 0 Å². The Labute approximate surface area is 128 Å². The first-order chi connectivity index (χ1) is 8.97. The fourth-order valence-corrected chi connectivity index (χ4v) is 1.64. The molecular formula is C14H12Br2O3. The van der Waals surface area contributed by atoms with Crippen molar-refractivity contribution in [2.45, 2.75) is 6.92 Å². The van der Waals surface area contributed by atoms with Gasteiger partial charge >= 0.3 is 5.97 Å². The van der Waals surface area contributed by atoms with Crippen LogP contribution in [-0.4, -0.2) is 11.1 Å². The lowest BCUT2D eigenvalue weighted by molar-refractivity contribution is -0.131. The van der Waals surface area contributed by atoms with Crippen LogP contribution in [0.3, 0.4) is 0 Å². The van der Waals surface area contributed by atoms with Crippen LogP contribution in [-0.2, 0) is 4.79 Å². The van der Waals surface area contributed by atoms with Gasteiger partial charge in [0, 0.05) is 15.9 Å². The first-order valence-electron chi connectivity index (χ1n) is 5.36. The number of ether oxygens (including phenoxy) is 1. The van der Waals surface area contributed by atoms with Gasteiger partial charge in [0.1, 0.15) is 11.5 Å². The summed E-state index contributed by atoms with van der Waals surface area (Å²) in [4.78, 5) is 10.5. The van der Waals surface area contributed by atoms with Crippen molar-refractivity contribution < 1.29 is 14.6 Å². The molecule has 100 valence electrons. The number of halogens is 2. The Hall–Kier alpha value is -1.33. The van der Waals surface area contributed by atoms with E-state index in [9.17, 15) is 4.79 Å². The van der Waals surface area contributed by atoms with Crippen LogP contribution in [0.4, 0.5) is 0 Å². The SMILES string of the molecule is CC(=O)Oc1ccc(Br)cc1.Oc1ccc(Br)cc1. The molecule has 19 heavy (non-hydrogen) atoms. The van der Waals surface area contributed by atoms with E-state index >= 15 is 0 Å². The number of esters is 1. The van der Waals surface area contributed by atoms with Crippen molar-refractivity contribution in [3.05, 3.63) is 57.5 Å². The van der Waals surface area contributed by atoms with Gasteiger partial charge in [-0.25, -0.2) is 0 Å². The number of phenols is 1. The van der Waals surface area contributed by atoms with Gasteiger partial charge in [-0.1, -0.05) is 31.9 Å². The zero-order valence-electron chi connectivity index (χ0n) is 10.1. The molecule has 5 heteroatoms. The van der Waals surface area contributed by atoms with Crippen molar-refractivity contribution in [1.29, 1.82) is 0 Å². The maximum Gasteiger partial charge on any atom is 0.308 e. The van der Waals surface area contributed by atoms with Crippen LogP contribution in [0, 0.1) is 0 Å². The molecule has 0 spiro atoms. The summed E-state index contributed by atoms with van der Waals surface area (Å²) in [6.45, 7) is 1.38. The summed E-state index contributed by atoms with van der Waals surface area (Å²) in [6.07, 6.45) is 0. The van der Waals surface area contributed by atoms with Crippen LogP contribution in [0.2, 0.25) is 0 Å². The number of benzene rings is 2. The van der Waals surface area contributed by atoms with E-state index in [-0.39, 0.29) is 5.97 Å². The molecule has 0 aromatic heterocycles. The summed E-state index contributed by atoms with van der Waals surface area (Å²) >= 11 is 6.51. The van der Waals surface area contributed by atoms with Crippen LogP contribution in [0.15, 0.2) is 57.5 Å². The average molecular weight is 388 g/mol. The van der Waals surface area contributed by atoms with E-state index in [2.05, 4.69) is 31.9 Å². The monoisotopic (exact) mass is 386 g/mol. The van der Waals surface area contributed by atoms with Crippen molar-refractivity contribution in [3.8, 4) is 11.5 Å². The molecule has 1 N–H and O–H groups in total. The first-order valence-corrected chi connectivity index (χ1v) is 6.94. The number of phenolic OH excluding ortho intramolecular Hbond substituents is 1. The normalized spacial score (nSPS) is 9.21. The molecule has 2 aromatic carbocycles. The third-order valence-corrected chi connectivity index (χ3v) is 2.96. The minimum atomic E-state index is -0.299. The number of rotatable bonds is 1. The Morgan fingerprint density at radius 2 is 1.37 bits per heavy atom. The third kappa shape index (κ3) is 6.98. The second kappa shape index (κ2) is 7.96. The van der Waals surface area contributed by atoms with Crippen LogP contribution in [0.25, 0.3) is 0 Å². The minimum absolute atomic E-state index is 0.299. The number of hydrogen-bond donors (Lipinski definition) is 1. The Kier molecular flexibility index (Phi) is 6.59. The Morgan fingerprint density at radius 3 is 1.74 bits per heavy atom. The molecule has 0 saturated heterocycles. The van der Waals surface area contributed by atoms with Crippen LogP contribution >= 0.6 is 31.9 Å². The number of carbonyl (C=O) groups excluding carboxylic acids is 1. The number of hydrogen-bond acceptors (Lipinski definition) is 3. The molecule has 0 fully saturated rings. The van der Waals surface area contributed by atoms with Gasteiger partial charge in [0.25, 0.3) is 0 Å². The van der Waals surface area contributed by atoms with E-state index < -0.39 is 0 Å². The quantitative estimate of drug-likeness (QED) is 0.577. The summed E-state index contributed by atoms with van der Waals surface area (Å²) < 4.78 is 6.76. The average Bonchev–Trinajstić information content (AvgIpc) is 2.36. The molecule has 2 rings (SSSR count). The van der Waals surface area contributed by atoms with Gasteiger partial charge in [0.2, 0.25) is 0 Å². The lowest BCUT2D eigenvalue weighted by Crippen LogP contribution is -2.00. The van der Waals surface area contributed by atoms with Crippen molar-refractivity contribution >= 4 is 37.8 Å². The number of aromatic hydroxyl groups is 1. The summed E-state index contributed by atoms with van der Waals surface area (Å²) in [5, 5.41) is 8.74. The predicted octanol–water partition coefficient (Wildman–Crippen LogP) is 4.53. The molecule has 0 amide bonds. The van der Waals surface area contributed by atoms with E-state index in [4.69, 9.17) is 9.84 Å². The van der Waals surface area contributed by atoms with Crippen molar-refractivity contribution in [3.63, 3.8) is 0 Å². The molecule has 0 unspecified atom stereocenters. The second-order valence-electron chi connectivity index (χ2n) is 3.52. The molecule has 0 saturated carbocycles. The molecule has 0 heterocycles. The molecule has 0 bridgehead atoms. The minimum Gasteiger partial charge on any atom is -0.508 e. The molecule has 0 atom stereocenters. The smallest absolute Gasteiger partial charge is 0.308 e. The Bertz CT molecular complexity index is 500. The Balaban J connectivity index is 0.000000200. The van der Waals surface area contributed by atoms with E-state index in [1.54, 1.807) is 36.4 Å². The van der Waals surface area contributed by atoms with Crippen molar-refractivity contribution in [1.82, 2.24) is 0 Å². The first kappa shape index (κ1) is 15.7. The summed E-state index contributed by atoms with van der Waals surface area (Å²) in [5.41, 5.74) is 0. The van der Waals surface area contributed by atoms with Crippen LogP contribution in [0.5, 0.6) is 11.5 Å². The van der Waals surface area contributed by atoms with Gasteiger partial charge in [-0.2, -0.15) is 0 Å². The summed E-state index contributed by atoms with van der Waals surface area (Å²) in [5.74, 6) is 0.571. The second-order valence-corrected chi connectivity index (χ2v) is 5.36. The van der Waals surface area contributed by atoms with Gasteiger partial charge in [0.05, 0.1) is 0 Å². The van der Waals surface area contributed by atoms with Crippen LogP contribution < -0.4 is 4.74 Å². The highest BCUT2D eigenvalue weighted by Crippen LogP contribution is 2.16. The van der Waals surface area contributed by atoms with Gasteiger partial charge in [-0.15, -0.1) is 0 Å².